The van der Waals surface area contributed by atoms with Gasteiger partial charge in [-0.2, -0.15) is 0 Å². The average molecular weight is 302 g/mol. The fraction of sp³-hybridized carbons (Fsp3) is 0.500. The molecule has 0 unspecified atom stereocenters. The molecular weight excluding hydrogens is 280 g/mol. The molecule has 0 N–H and O–H groups in total. The SMILES string of the molecule is C#C[C@@H](CC(=O)OC)c1ccc(OC)c(OC2CCCC2)c1. The molecule has 0 amide bonds. The number of rotatable bonds is 6. The van der Waals surface area contributed by atoms with Crippen LogP contribution in [-0.4, -0.2) is 26.3 Å². The largest absolute Gasteiger partial charge is 0.493 e. The number of carbonyl (C=O) groups is 1. The molecule has 22 heavy (non-hydrogen) atoms. The molecule has 0 radical (unpaired) electrons. The summed E-state index contributed by atoms with van der Waals surface area (Å²) in [6, 6.07) is 5.58. The predicted octanol–water partition coefficient (Wildman–Crippen LogP) is 3.30. The Hall–Kier alpha value is -2.15. The van der Waals surface area contributed by atoms with Gasteiger partial charge in [-0.1, -0.05) is 12.0 Å². The highest BCUT2D eigenvalue weighted by Gasteiger charge is 2.20. The number of esters is 1. The average Bonchev–Trinajstić information content (AvgIpc) is 3.05. The van der Waals surface area contributed by atoms with Crippen LogP contribution in [0.15, 0.2) is 18.2 Å². The molecule has 0 heterocycles. The molecule has 1 aliphatic rings. The number of ether oxygens (including phenoxy) is 3. The van der Waals surface area contributed by atoms with Gasteiger partial charge in [-0.05, 0) is 43.4 Å². The van der Waals surface area contributed by atoms with E-state index in [0.29, 0.717) is 11.5 Å². The van der Waals surface area contributed by atoms with Crippen molar-refractivity contribution < 1.29 is 19.0 Å². The van der Waals surface area contributed by atoms with Crippen molar-refractivity contribution in [1.29, 1.82) is 0 Å². The van der Waals surface area contributed by atoms with Gasteiger partial charge < -0.3 is 14.2 Å². The molecular formula is C18H22O4. The first-order valence-corrected chi connectivity index (χ1v) is 7.55. The van der Waals surface area contributed by atoms with Crippen LogP contribution >= 0.6 is 0 Å². The molecule has 2 rings (SSSR count). The van der Waals surface area contributed by atoms with Crippen LogP contribution in [0.1, 0.15) is 43.6 Å². The molecule has 118 valence electrons. The predicted molar refractivity (Wildman–Crippen MR) is 84.1 cm³/mol. The molecule has 4 nitrogen and oxygen atoms in total. The monoisotopic (exact) mass is 302 g/mol. The molecule has 0 spiro atoms. The minimum atomic E-state index is -0.329. The van der Waals surface area contributed by atoms with E-state index in [1.807, 2.05) is 18.2 Å². The van der Waals surface area contributed by atoms with E-state index < -0.39 is 0 Å². The van der Waals surface area contributed by atoms with Crippen molar-refractivity contribution in [1.82, 2.24) is 0 Å². The van der Waals surface area contributed by atoms with Gasteiger partial charge in [0.1, 0.15) is 0 Å². The van der Waals surface area contributed by atoms with Crippen LogP contribution in [0.2, 0.25) is 0 Å². The Morgan fingerprint density at radius 1 is 1.32 bits per heavy atom. The van der Waals surface area contributed by atoms with Crippen LogP contribution in [0, 0.1) is 12.3 Å². The molecule has 1 fully saturated rings. The Bertz CT molecular complexity index is 553. The molecule has 1 aromatic carbocycles. The van der Waals surface area contributed by atoms with Crippen LogP contribution in [0.25, 0.3) is 0 Å². The maximum Gasteiger partial charge on any atom is 0.307 e. The molecule has 4 heteroatoms. The van der Waals surface area contributed by atoms with E-state index in [-0.39, 0.29) is 24.4 Å². The minimum absolute atomic E-state index is 0.155. The van der Waals surface area contributed by atoms with E-state index >= 15 is 0 Å². The third kappa shape index (κ3) is 3.94. The number of benzene rings is 1. The second kappa shape index (κ2) is 7.74. The fourth-order valence-electron chi connectivity index (χ4n) is 2.71. The Morgan fingerprint density at radius 3 is 2.64 bits per heavy atom. The summed E-state index contributed by atoms with van der Waals surface area (Å²) in [6.07, 6.45) is 10.5. The summed E-state index contributed by atoms with van der Waals surface area (Å²) in [4.78, 5) is 11.5. The van der Waals surface area contributed by atoms with Crippen LogP contribution in [-0.2, 0) is 9.53 Å². The second-order valence-electron chi connectivity index (χ2n) is 5.43. The van der Waals surface area contributed by atoms with Gasteiger partial charge >= 0.3 is 5.97 Å². The molecule has 1 aliphatic carbocycles. The summed E-state index contributed by atoms with van der Waals surface area (Å²) in [5.74, 6) is 3.37. The Morgan fingerprint density at radius 2 is 2.05 bits per heavy atom. The lowest BCUT2D eigenvalue weighted by molar-refractivity contribution is -0.140. The number of carbonyl (C=O) groups excluding carboxylic acids is 1. The number of terminal acetylenes is 1. The van der Waals surface area contributed by atoms with E-state index in [1.165, 1.54) is 20.0 Å². The summed E-state index contributed by atoms with van der Waals surface area (Å²) in [6.45, 7) is 0. The van der Waals surface area contributed by atoms with E-state index in [2.05, 4.69) is 5.92 Å². The normalized spacial score (nSPS) is 15.9. The first-order chi connectivity index (χ1) is 10.7. The van der Waals surface area contributed by atoms with E-state index in [4.69, 9.17) is 20.6 Å². The Kier molecular flexibility index (Phi) is 5.71. The highest BCUT2D eigenvalue weighted by molar-refractivity contribution is 5.71. The van der Waals surface area contributed by atoms with E-state index in [1.54, 1.807) is 7.11 Å². The molecule has 0 aliphatic heterocycles. The lowest BCUT2D eigenvalue weighted by atomic mass is 9.96. The molecule has 0 aromatic heterocycles. The Balaban J connectivity index is 2.21. The van der Waals surface area contributed by atoms with Crippen molar-refractivity contribution in [2.45, 2.75) is 44.1 Å². The van der Waals surface area contributed by atoms with Crippen molar-refractivity contribution in [2.24, 2.45) is 0 Å². The number of hydrogen-bond donors (Lipinski definition) is 0. The van der Waals surface area contributed by atoms with Gasteiger partial charge in [0.2, 0.25) is 0 Å². The maximum absolute atomic E-state index is 11.5. The molecule has 1 aromatic rings. The Labute approximate surface area is 131 Å². The standard InChI is InChI=1S/C18H22O4/c1-4-13(12-18(19)21-3)14-9-10-16(20-2)17(11-14)22-15-7-5-6-8-15/h1,9-11,13,15H,5-8,12H2,2-3H3/t13-/m0/s1. The number of hydrogen-bond acceptors (Lipinski definition) is 4. The lowest BCUT2D eigenvalue weighted by Gasteiger charge is -2.18. The second-order valence-corrected chi connectivity index (χ2v) is 5.43. The molecule has 0 saturated heterocycles. The van der Waals surface area contributed by atoms with Crippen molar-refractivity contribution in [3.63, 3.8) is 0 Å². The third-order valence-corrected chi connectivity index (χ3v) is 3.99. The highest BCUT2D eigenvalue weighted by Crippen LogP contribution is 2.34. The van der Waals surface area contributed by atoms with E-state index in [0.717, 1.165) is 18.4 Å². The van der Waals surface area contributed by atoms with Crippen molar-refractivity contribution >= 4 is 5.97 Å². The topological polar surface area (TPSA) is 44.8 Å². The summed E-state index contributed by atoms with van der Waals surface area (Å²) < 4.78 is 16.1. The van der Waals surface area contributed by atoms with Crippen LogP contribution in [0.5, 0.6) is 11.5 Å². The van der Waals surface area contributed by atoms with Gasteiger partial charge in [-0.25, -0.2) is 0 Å². The number of methoxy groups -OCH3 is 2. The summed E-state index contributed by atoms with van der Waals surface area (Å²) in [5, 5.41) is 0. The summed E-state index contributed by atoms with van der Waals surface area (Å²) in [7, 11) is 2.97. The van der Waals surface area contributed by atoms with Gasteiger partial charge in [0, 0.05) is 0 Å². The molecule has 0 bridgehead atoms. The first kappa shape index (κ1) is 16.2. The molecule has 1 atom stereocenters. The highest BCUT2D eigenvalue weighted by atomic mass is 16.5. The quantitative estimate of drug-likeness (QED) is 0.597. The zero-order chi connectivity index (χ0) is 15.9. The fourth-order valence-corrected chi connectivity index (χ4v) is 2.71. The van der Waals surface area contributed by atoms with Crippen LogP contribution in [0.3, 0.4) is 0 Å². The summed E-state index contributed by atoms with van der Waals surface area (Å²) >= 11 is 0. The molecule has 1 saturated carbocycles. The minimum Gasteiger partial charge on any atom is -0.493 e. The zero-order valence-corrected chi connectivity index (χ0v) is 13.1. The summed E-state index contributed by atoms with van der Waals surface area (Å²) in [5.41, 5.74) is 0.863. The first-order valence-electron chi connectivity index (χ1n) is 7.55. The zero-order valence-electron chi connectivity index (χ0n) is 13.1. The van der Waals surface area contributed by atoms with Crippen molar-refractivity contribution in [3.05, 3.63) is 23.8 Å². The van der Waals surface area contributed by atoms with Crippen molar-refractivity contribution in [3.8, 4) is 23.8 Å². The third-order valence-electron chi connectivity index (χ3n) is 3.99. The van der Waals surface area contributed by atoms with Gasteiger partial charge in [-0.15, -0.1) is 6.42 Å². The van der Waals surface area contributed by atoms with Gasteiger partial charge in [0.25, 0.3) is 0 Å². The van der Waals surface area contributed by atoms with Gasteiger partial charge in [-0.3, -0.25) is 4.79 Å². The van der Waals surface area contributed by atoms with Crippen LogP contribution in [0.4, 0.5) is 0 Å². The smallest absolute Gasteiger partial charge is 0.307 e. The van der Waals surface area contributed by atoms with E-state index in [9.17, 15) is 4.79 Å². The van der Waals surface area contributed by atoms with Gasteiger partial charge in [0.05, 0.1) is 32.7 Å². The lowest BCUT2D eigenvalue weighted by Crippen LogP contribution is -2.12. The van der Waals surface area contributed by atoms with Crippen LogP contribution < -0.4 is 9.47 Å². The maximum atomic E-state index is 11.5. The van der Waals surface area contributed by atoms with Crippen molar-refractivity contribution in [2.75, 3.05) is 14.2 Å². The van der Waals surface area contributed by atoms with Gasteiger partial charge in [0.15, 0.2) is 11.5 Å².